The Morgan fingerprint density at radius 1 is 1.30 bits per heavy atom. The van der Waals surface area contributed by atoms with Crippen LogP contribution in [0, 0.1) is 0 Å². The van der Waals surface area contributed by atoms with Crippen LogP contribution in [-0.2, 0) is 11.2 Å². The van der Waals surface area contributed by atoms with Crippen LogP contribution in [0.4, 0.5) is 10.5 Å². The van der Waals surface area contributed by atoms with E-state index in [0.717, 1.165) is 18.5 Å². The molecule has 0 aliphatic rings. The highest BCUT2D eigenvalue weighted by molar-refractivity contribution is 5.67. The molecule has 0 spiro atoms. The summed E-state index contributed by atoms with van der Waals surface area (Å²) in [7, 11) is 2.03. The molecule has 0 aliphatic carbocycles. The first-order valence-corrected chi connectivity index (χ1v) is 8.25. The number of aryl methyl sites for hydroxylation is 1. The van der Waals surface area contributed by atoms with E-state index in [4.69, 9.17) is 10.5 Å². The van der Waals surface area contributed by atoms with Crippen molar-refractivity contribution in [2.24, 2.45) is 5.73 Å². The Bertz CT molecular complexity index is 480. The van der Waals surface area contributed by atoms with Crippen molar-refractivity contribution >= 4 is 11.8 Å². The predicted molar refractivity (Wildman–Crippen MR) is 95.9 cm³/mol. The van der Waals surface area contributed by atoms with Crippen LogP contribution < -0.4 is 16.0 Å². The average Bonchev–Trinajstić information content (AvgIpc) is 2.49. The fraction of sp³-hybridized carbons (Fsp3) is 0.611. The number of hydrogen-bond acceptors (Lipinski definition) is 4. The van der Waals surface area contributed by atoms with Crippen molar-refractivity contribution in [3.8, 4) is 0 Å². The number of amides is 1. The standard InChI is InChI=1S/C18H31N3O2/c1-6-14-7-9-15(10-8-14)21(5)16(13-19)11-12-20-17(22)23-18(2,3)4/h7-10,16H,6,11-13,19H2,1-5H3,(H,20,22). The molecule has 0 bridgehead atoms. The third-order valence-corrected chi connectivity index (χ3v) is 3.72. The van der Waals surface area contributed by atoms with Gasteiger partial charge in [-0.3, -0.25) is 0 Å². The normalized spacial score (nSPS) is 12.6. The van der Waals surface area contributed by atoms with E-state index in [1.54, 1.807) is 0 Å². The highest BCUT2D eigenvalue weighted by atomic mass is 16.6. The van der Waals surface area contributed by atoms with Gasteiger partial charge in [0, 0.05) is 31.9 Å². The molecule has 1 atom stereocenters. The van der Waals surface area contributed by atoms with Crippen molar-refractivity contribution in [3.63, 3.8) is 0 Å². The van der Waals surface area contributed by atoms with Crippen molar-refractivity contribution in [1.29, 1.82) is 0 Å². The highest BCUT2D eigenvalue weighted by Gasteiger charge is 2.17. The van der Waals surface area contributed by atoms with E-state index < -0.39 is 5.60 Å². The first-order chi connectivity index (χ1) is 10.8. The molecule has 3 N–H and O–H groups in total. The van der Waals surface area contributed by atoms with Crippen LogP contribution in [0.25, 0.3) is 0 Å². The van der Waals surface area contributed by atoms with Gasteiger partial charge in [0.25, 0.3) is 0 Å². The van der Waals surface area contributed by atoms with Gasteiger partial charge in [-0.05, 0) is 51.3 Å². The number of rotatable bonds is 7. The zero-order valence-corrected chi connectivity index (χ0v) is 15.1. The minimum absolute atomic E-state index is 0.164. The van der Waals surface area contributed by atoms with E-state index in [1.807, 2.05) is 27.8 Å². The number of nitrogens with two attached hydrogens (primary N) is 1. The van der Waals surface area contributed by atoms with Gasteiger partial charge in [0.05, 0.1) is 0 Å². The fourth-order valence-corrected chi connectivity index (χ4v) is 2.30. The van der Waals surface area contributed by atoms with E-state index >= 15 is 0 Å². The summed E-state index contributed by atoms with van der Waals surface area (Å²) in [6.45, 7) is 8.76. The van der Waals surface area contributed by atoms with Crippen LogP contribution in [0.1, 0.15) is 39.7 Å². The van der Waals surface area contributed by atoms with Crippen LogP contribution in [0.3, 0.4) is 0 Å². The number of nitrogens with one attached hydrogen (secondary N) is 1. The molecule has 1 aromatic rings. The second-order valence-electron chi connectivity index (χ2n) is 6.74. The van der Waals surface area contributed by atoms with Gasteiger partial charge in [-0.15, -0.1) is 0 Å². The van der Waals surface area contributed by atoms with Gasteiger partial charge in [0.2, 0.25) is 0 Å². The molecule has 1 aromatic carbocycles. The molecule has 0 heterocycles. The van der Waals surface area contributed by atoms with Crippen molar-refractivity contribution in [1.82, 2.24) is 5.32 Å². The van der Waals surface area contributed by atoms with E-state index in [1.165, 1.54) is 5.56 Å². The topological polar surface area (TPSA) is 67.6 Å². The highest BCUT2D eigenvalue weighted by Crippen LogP contribution is 2.17. The van der Waals surface area contributed by atoms with Crippen molar-refractivity contribution in [2.45, 2.75) is 52.2 Å². The first-order valence-electron chi connectivity index (χ1n) is 8.25. The van der Waals surface area contributed by atoms with E-state index in [9.17, 15) is 4.79 Å². The lowest BCUT2D eigenvalue weighted by Crippen LogP contribution is -2.41. The fourth-order valence-electron chi connectivity index (χ4n) is 2.30. The molecule has 0 fully saturated rings. The van der Waals surface area contributed by atoms with Gasteiger partial charge >= 0.3 is 6.09 Å². The summed E-state index contributed by atoms with van der Waals surface area (Å²) in [5.74, 6) is 0. The average molecular weight is 321 g/mol. The Morgan fingerprint density at radius 3 is 2.39 bits per heavy atom. The van der Waals surface area contributed by atoms with Crippen molar-refractivity contribution in [2.75, 3.05) is 25.0 Å². The quantitative estimate of drug-likeness (QED) is 0.810. The number of carbonyl (C=O) groups is 1. The molecule has 130 valence electrons. The van der Waals surface area contributed by atoms with E-state index in [-0.39, 0.29) is 12.1 Å². The van der Waals surface area contributed by atoms with Crippen LogP contribution >= 0.6 is 0 Å². The first kappa shape index (κ1) is 19.3. The van der Waals surface area contributed by atoms with Gasteiger partial charge in [0.1, 0.15) is 5.60 Å². The zero-order chi connectivity index (χ0) is 17.5. The summed E-state index contributed by atoms with van der Waals surface area (Å²) in [6, 6.07) is 8.67. The van der Waals surface area contributed by atoms with Crippen LogP contribution in [0.15, 0.2) is 24.3 Å². The summed E-state index contributed by atoms with van der Waals surface area (Å²) >= 11 is 0. The Morgan fingerprint density at radius 2 is 1.91 bits per heavy atom. The molecule has 1 rings (SSSR count). The molecule has 0 aromatic heterocycles. The number of hydrogen-bond donors (Lipinski definition) is 2. The number of alkyl carbamates (subject to hydrolysis) is 1. The largest absolute Gasteiger partial charge is 0.444 e. The Hall–Kier alpha value is -1.75. The van der Waals surface area contributed by atoms with E-state index in [2.05, 4.69) is 41.4 Å². The van der Waals surface area contributed by atoms with E-state index in [0.29, 0.717) is 13.1 Å². The summed E-state index contributed by atoms with van der Waals surface area (Å²) in [6.07, 6.45) is 1.41. The Labute approximate surface area is 140 Å². The molecule has 0 saturated carbocycles. The SMILES string of the molecule is CCc1ccc(N(C)C(CN)CCNC(=O)OC(C)(C)C)cc1. The van der Waals surface area contributed by atoms with Gasteiger partial charge < -0.3 is 20.7 Å². The maximum absolute atomic E-state index is 11.7. The summed E-state index contributed by atoms with van der Waals surface area (Å²) in [4.78, 5) is 13.8. The molecular formula is C18H31N3O2. The molecule has 23 heavy (non-hydrogen) atoms. The second-order valence-corrected chi connectivity index (χ2v) is 6.74. The number of nitrogens with zero attached hydrogens (tertiary/aromatic N) is 1. The lowest BCUT2D eigenvalue weighted by molar-refractivity contribution is 0.0526. The molecule has 0 saturated heterocycles. The monoisotopic (exact) mass is 321 g/mol. The molecule has 0 aliphatic heterocycles. The number of carbonyl (C=O) groups excluding carboxylic acids is 1. The van der Waals surface area contributed by atoms with Crippen LogP contribution in [-0.4, -0.2) is 37.9 Å². The van der Waals surface area contributed by atoms with Gasteiger partial charge in [-0.2, -0.15) is 0 Å². The number of benzene rings is 1. The smallest absolute Gasteiger partial charge is 0.407 e. The minimum Gasteiger partial charge on any atom is -0.444 e. The van der Waals surface area contributed by atoms with Crippen molar-refractivity contribution in [3.05, 3.63) is 29.8 Å². The molecule has 1 amide bonds. The number of likely N-dealkylation sites (N-methyl/N-ethyl adjacent to an activating group) is 1. The predicted octanol–water partition coefficient (Wildman–Crippen LogP) is 2.93. The number of ether oxygens (including phenoxy) is 1. The van der Waals surface area contributed by atoms with Crippen LogP contribution in [0.5, 0.6) is 0 Å². The molecule has 5 nitrogen and oxygen atoms in total. The molecular weight excluding hydrogens is 290 g/mol. The summed E-state index contributed by atoms with van der Waals surface area (Å²) < 4.78 is 5.23. The minimum atomic E-state index is -0.477. The van der Waals surface area contributed by atoms with Gasteiger partial charge in [0.15, 0.2) is 0 Å². The summed E-state index contributed by atoms with van der Waals surface area (Å²) in [5.41, 5.74) is 7.87. The van der Waals surface area contributed by atoms with Gasteiger partial charge in [-0.25, -0.2) is 4.79 Å². The molecule has 1 unspecified atom stereocenters. The Kier molecular flexibility index (Phi) is 7.36. The second kappa shape index (κ2) is 8.77. The maximum atomic E-state index is 11.7. The lowest BCUT2D eigenvalue weighted by atomic mass is 10.1. The third kappa shape index (κ3) is 6.91. The Balaban J connectivity index is 2.50. The summed E-state index contributed by atoms with van der Waals surface area (Å²) in [5, 5.41) is 2.79. The maximum Gasteiger partial charge on any atom is 0.407 e. The lowest BCUT2D eigenvalue weighted by Gasteiger charge is -2.29. The third-order valence-electron chi connectivity index (χ3n) is 3.72. The molecule has 5 heteroatoms. The molecule has 0 radical (unpaired) electrons. The van der Waals surface area contributed by atoms with Crippen molar-refractivity contribution < 1.29 is 9.53 Å². The zero-order valence-electron chi connectivity index (χ0n) is 15.1. The van der Waals surface area contributed by atoms with Gasteiger partial charge in [-0.1, -0.05) is 19.1 Å². The number of anilines is 1. The van der Waals surface area contributed by atoms with Crippen LogP contribution in [0.2, 0.25) is 0 Å².